The molecule has 1 heterocycles. The highest BCUT2D eigenvalue weighted by atomic mass is 19.1. The number of guanidine groups is 1. The molecule has 3 rings (SSSR count). The highest BCUT2D eigenvalue weighted by molar-refractivity contribution is 5.79. The third-order valence-corrected chi connectivity index (χ3v) is 5.51. The molecule has 162 valence electrons. The summed E-state index contributed by atoms with van der Waals surface area (Å²) in [4.78, 5) is 4.46. The molecular weight excluding hydrogens is 388 g/mol. The van der Waals surface area contributed by atoms with E-state index in [-0.39, 0.29) is 17.5 Å². The van der Waals surface area contributed by atoms with Gasteiger partial charge in [-0.1, -0.05) is 12.1 Å². The van der Waals surface area contributed by atoms with Crippen molar-refractivity contribution in [3.63, 3.8) is 0 Å². The van der Waals surface area contributed by atoms with Crippen LogP contribution in [0.15, 0.2) is 47.5 Å². The van der Waals surface area contributed by atoms with E-state index in [4.69, 9.17) is 9.47 Å². The molecule has 0 radical (unpaired) electrons. The first-order chi connectivity index (χ1) is 14.6. The van der Waals surface area contributed by atoms with Crippen molar-refractivity contribution >= 4 is 5.96 Å². The van der Waals surface area contributed by atoms with Gasteiger partial charge in [-0.2, -0.15) is 0 Å². The first-order valence-electron chi connectivity index (χ1n) is 10.2. The Morgan fingerprint density at radius 3 is 2.50 bits per heavy atom. The summed E-state index contributed by atoms with van der Waals surface area (Å²) in [5.74, 6) is 0.455. The number of nitrogens with one attached hydrogen (secondary N) is 2. The molecule has 0 amide bonds. The molecule has 0 unspecified atom stereocenters. The second-order valence-electron chi connectivity index (χ2n) is 7.41. The number of methoxy groups -OCH3 is 1. The Morgan fingerprint density at radius 1 is 1.10 bits per heavy atom. The quantitative estimate of drug-likeness (QED) is 0.532. The summed E-state index contributed by atoms with van der Waals surface area (Å²) in [5.41, 5.74) is 1.33. The summed E-state index contributed by atoms with van der Waals surface area (Å²) < 4.78 is 38.2. The Kier molecular flexibility index (Phi) is 7.63. The fourth-order valence-electron chi connectivity index (χ4n) is 3.70. The first-order valence-corrected chi connectivity index (χ1v) is 10.2. The van der Waals surface area contributed by atoms with Crippen LogP contribution in [0, 0.1) is 11.6 Å². The van der Waals surface area contributed by atoms with Crippen LogP contribution in [0.2, 0.25) is 0 Å². The lowest BCUT2D eigenvalue weighted by Crippen LogP contribution is -2.48. The Bertz CT molecular complexity index is 850. The van der Waals surface area contributed by atoms with Crippen molar-refractivity contribution in [2.75, 3.05) is 33.4 Å². The minimum atomic E-state index is -0.472. The van der Waals surface area contributed by atoms with Crippen LogP contribution in [0.25, 0.3) is 0 Å². The Hall–Kier alpha value is -2.67. The van der Waals surface area contributed by atoms with Gasteiger partial charge in [0.15, 0.2) is 5.96 Å². The Balaban J connectivity index is 1.76. The lowest BCUT2D eigenvalue weighted by molar-refractivity contribution is 0.0513. The molecule has 2 N–H and O–H groups in total. The summed E-state index contributed by atoms with van der Waals surface area (Å²) in [6, 6.07) is 11.5. The normalized spacial score (nSPS) is 16.2. The number of ether oxygens (including phenoxy) is 2. The van der Waals surface area contributed by atoms with Gasteiger partial charge in [-0.25, -0.2) is 13.8 Å². The van der Waals surface area contributed by atoms with Crippen LogP contribution in [0.3, 0.4) is 0 Å². The molecule has 1 saturated heterocycles. The monoisotopic (exact) mass is 417 g/mol. The molecule has 0 saturated carbocycles. The molecule has 1 aliphatic heterocycles. The fraction of sp³-hybridized carbons (Fsp3) is 0.435. The predicted molar refractivity (Wildman–Crippen MR) is 114 cm³/mol. The largest absolute Gasteiger partial charge is 0.497 e. The van der Waals surface area contributed by atoms with Crippen molar-refractivity contribution in [3.05, 3.63) is 65.2 Å². The van der Waals surface area contributed by atoms with E-state index in [0.29, 0.717) is 32.3 Å². The van der Waals surface area contributed by atoms with Gasteiger partial charge in [0.05, 0.1) is 13.7 Å². The lowest BCUT2D eigenvalue weighted by atomic mass is 9.74. The van der Waals surface area contributed by atoms with Gasteiger partial charge in [-0.15, -0.1) is 0 Å². The number of nitrogens with zero attached hydrogens (tertiary/aromatic N) is 1. The SMILES string of the molecule is CCNC(=NCc1cc(F)ccc1F)NCC1(c2ccc(OC)cc2)CCOCC1. The third kappa shape index (κ3) is 5.48. The van der Waals surface area contributed by atoms with E-state index in [1.165, 1.54) is 11.6 Å². The van der Waals surface area contributed by atoms with Crippen molar-refractivity contribution in [3.8, 4) is 5.75 Å². The van der Waals surface area contributed by atoms with Gasteiger partial charge < -0.3 is 20.1 Å². The molecule has 7 heteroatoms. The van der Waals surface area contributed by atoms with E-state index in [1.54, 1.807) is 7.11 Å². The zero-order chi connectivity index (χ0) is 21.4. The average molecular weight is 418 g/mol. The summed E-state index contributed by atoms with van der Waals surface area (Å²) in [6.07, 6.45) is 1.76. The highest BCUT2D eigenvalue weighted by Gasteiger charge is 2.34. The number of hydrogen-bond donors (Lipinski definition) is 2. The van der Waals surface area contributed by atoms with Crippen LogP contribution >= 0.6 is 0 Å². The third-order valence-electron chi connectivity index (χ3n) is 5.51. The Morgan fingerprint density at radius 2 is 1.83 bits per heavy atom. The molecule has 1 fully saturated rings. The molecule has 0 aliphatic carbocycles. The summed E-state index contributed by atoms with van der Waals surface area (Å²) in [5, 5.41) is 6.58. The van der Waals surface area contributed by atoms with E-state index in [2.05, 4.69) is 27.8 Å². The topological polar surface area (TPSA) is 54.9 Å². The van der Waals surface area contributed by atoms with Crippen LogP contribution in [0.4, 0.5) is 8.78 Å². The van der Waals surface area contributed by atoms with Crippen molar-refractivity contribution in [2.24, 2.45) is 4.99 Å². The zero-order valence-electron chi connectivity index (χ0n) is 17.5. The van der Waals surface area contributed by atoms with Crippen LogP contribution in [0.5, 0.6) is 5.75 Å². The van der Waals surface area contributed by atoms with E-state index in [1.807, 2.05) is 19.1 Å². The number of hydrogen-bond acceptors (Lipinski definition) is 3. The Labute approximate surface area is 176 Å². The second-order valence-corrected chi connectivity index (χ2v) is 7.41. The zero-order valence-corrected chi connectivity index (χ0v) is 17.5. The molecule has 0 aromatic heterocycles. The molecule has 2 aromatic carbocycles. The number of benzene rings is 2. The molecule has 2 aromatic rings. The molecular formula is C23H29F2N3O2. The summed E-state index contributed by atoms with van der Waals surface area (Å²) >= 11 is 0. The van der Waals surface area contributed by atoms with Gasteiger partial charge in [-0.05, 0) is 55.7 Å². The predicted octanol–water partition coefficient (Wildman–Crippen LogP) is 3.78. The maximum absolute atomic E-state index is 13.9. The summed E-state index contributed by atoms with van der Waals surface area (Å²) in [7, 11) is 1.65. The molecule has 5 nitrogen and oxygen atoms in total. The van der Waals surface area contributed by atoms with Crippen LogP contribution in [0.1, 0.15) is 30.9 Å². The van der Waals surface area contributed by atoms with Gasteiger partial charge in [0.25, 0.3) is 0 Å². The van der Waals surface area contributed by atoms with Crippen molar-refractivity contribution in [1.82, 2.24) is 10.6 Å². The lowest BCUT2D eigenvalue weighted by Gasteiger charge is -2.38. The van der Waals surface area contributed by atoms with Crippen LogP contribution in [-0.2, 0) is 16.7 Å². The van der Waals surface area contributed by atoms with Gasteiger partial charge in [-0.3, -0.25) is 0 Å². The van der Waals surface area contributed by atoms with Crippen molar-refractivity contribution in [2.45, 2.75) is 31.7 Å². The summed E-state index contributed by atoms with van der Waals surface area (Å²) in [6.45, 7) is 4.72. The van der Waals surface area contributed by atoms with Crippen molar-refractivity contribution < 1.29 is 18.3 Å². The minimum Gasteiger partial charge on any atom is -0.497 e. The van der Waals surface area contributed by atoms with E-state index < -0.39 is 11.6 Å². The standard InChI is InChI=1S/C23H29F2N3O2/c1-3-26-22(27-15-17-14-19(24)6-9-21(17)25)28-16-23(10-12-30-13-11-23)18-4-7-20(29-2)8-5-18/h4-9,14H,3,10-13,15-16H2,1-2H3,(H2,26,27,28). The van der Waals surface area contributed by atoms with Crippen molar-refractivity contribution in [1.29, 1.82) is 0 Å². The molecule has 30 heavy (non-hydrogen) atoms. The van der Waals surface area contributed by atoms with E-state index in [0.717, 1.165) is 30.7 Å². The maximum atomic E-state index is 13.9. The molecule has 0 spiro atoms. The fourth-order valence-corrected chi connectivity index (χ4v) is 3.70. The second kappa shape index (κ2) is 10.4. The molecule has 0 bridgehead atoms. The van der Waals surface area contributed by atoms with E-state index in [9.17, 15) is 8.78 Å². The van der Waals surface area contributed by atoms with Gasteiger partial charge >= 0.3 is 0 Å². The number of halogens is 2. The number of aliphatic imine (C=N–C) groups is 1. The first kappa shape index (κ1) is 22.0. The van der Waals surface area contributed by atoms with Crippen LogP contribution in [-0.4, -0.2) is 39.4 Å². The maximum Gasteiger partial charge on any atom is 0.191 e. The highest BCUT2D eigenvalue weighted by Crippen LogP contribution is 2.35. The molecule has 1 aliphatic rings. The van der Waals surface area contributed by atoms with Gasteiger partial charge in [0.1, 0.15) is 17.4 Å². The van der Waals surface area contributed by atoms with Gasteiger partial charge in [0.2, 0.25) is 0 Å². The molecule has 0 atom stereocenters. The average Bonchev–Trinajstić information content (AvgIpc) is 2.78. The van der Waals surface area contributed by atoms with E-state index >= 15 is 0 Å². The smallest absolute Gasteiger partial charge is 0.191 e. The number of rotatable bonds is 7. The minimum absolute atomic E-state index is 0.0531. The van der Waals surface area contributed by atoms with Gasteiger partial charge in [0, 0.05) is 37.3 Å². The van der Waals surface area contributed by atoms with Crippen LogP contribution < -0.4 is 15.4 Å².